The largest absolute Gasteiger partial charge is 0.407 e. The minimum atomic E-state index is -1.77. The summed E-state index contributed by atoms with van der Waals surface area (Å²) in [4.78, 5) is 0. The average Bonchev–Trinajstić information content (AvgIpc) is 2.02. The van der Waals surface area contributed by atoms with E-state index in [9.17, 15) is 0 Å². The molecule has 1 unspecified atom stereocenters. The van der Waals surface area contributed by atoms with E-state index in [1.165, 1.54) is 12.8 Å². The molecule has 0 bridgehead atoms. The van der Waals surface area contributed by atoms with Gasteiger partial charge < -0.3 is 8.85 Å². The lowest BCUT2D eigenvalue weighted by atomic mass is 10.4. The SMILES string of the molecule is CCCC[Si](I)(OC)OCC. The second kappa shape index (κ2) is 6.39. The van der Waals surface area contributed by atoms with Crippen molar-refractivity contribution in [2.75, 3.05) is 13.7 Å². The Kier molecular flexibility index (Phi) is 6.89. The van der Waals surface area contributed by atoms with Gasteiger partial charge in [-0.3, -0.25) is 0 Å². The summed E-state index contributed by atoms with van der Waals surface area (Å²) in [5.74, 6) is 0. The Morgan fingerprint density at radius 2 is 2.00 bits per heavy atom. The summed E-state index contributed by atoms with van der Waals surface area (Å²) in [5, 5.41) is 0. The van der Waals surface area contributed by atoms with Gasteiger partial charge in [0.2, 0.25) is 0 Å². The maximum absolute atomic E-state index is 5.58. The molecule has 0 amide bonds. The van der Waals surface area contributed by atoms with Gasteiger partial charge in [-0.1, -0.05) is 19.8 Å². The van der Waals surface area contributed by atoms with Gasteiger partial charge in [-0.25, -0.2) is 0 Å². The van der Waals surface area contributed by atoms with E-state index < -0.39 is 6.06 Å². The van der Waals surface area contributed by atoms with Crippen molar-refractivity contribution in [3.8, 4) is 0 Å². The second-order valence-corrected chi connectivity index (χ2v) is 9.85. The monoisotopic (exact) mass is 288 g/mol. The predicted octanol–water partition coefficient (Wildman–Crippen LogP) is 2.84. The number of rotatable bonds is 6. The zero-order chi connectivity index (χ0) is 8.74. The number of hydrogen-bond donors (Lipinski definition) is 0. The molecule has 68 valence electrons. The lowest BCUT2D eigenvalue weighted by Gasteiger charge is -2.21. The minimum Gasteiger partial charge on any atom is -0.390 e. The van der Waals surface area contributed by atoms with Crippen LogP contribution < -0.4 is 0 Å². The van der Waals surface area contributed by atoms with E-state index in [1.807, 2.05) is 6.92 Å². The van der Waals surface area contributed by atoms with Gasteiger partial charge in [-0.2, -0.15) is 0 Å². The van der Waals surface area contributed by atoms with Crippen LogP contribution in [0.4, 0.5) is 0 Å². The highest BCUT2D eigenvalue weighted by Crippen LogP contribution is 2.23. The van der Waals surface area contributed by atoms with Gasteiger partial charge >= 0.3 is 6.06 Å². The minimum absolute atomic E-state index is 0.771. The highest BCUT2D eigenvalue weighted by atomic mass is 127. The van der Waals surface area contributed by atoms with Crippen LogP contribution in [0.1, 0.15) is 26.7 Å². The molecule has 11 heavy (non-hydrogen) atoms. The molecule has 0 radical (unpaired) electrons. The first kappa shape index (κ1) is 11.9. The molecule has 0 fully saturated rings. The van der Waals surface area contributed by atoms with Crippen molar-refractivity contribution in [3.63, 3.8) is 0 Å². The van der Waals surface area contributed by atoms with Crippen molar-refractivity contribution >= 4 is 27.9 Å². The van der Waals surface area contributed by atoms with Gasteiger partial charge in [0.25, 0.3) is 0 Å². The first-order valence-electron chi connectivity index (χ1n) is 4.06. The Morgan fingerprint density at radius 1 is 1.36 bits per heavy atom. The van der Waals surface area contributed by atoms with Gasteiger partial charge in [-0.05, 0) is 28.7 Å². The smallest absolute Gasteiger partial charge is 0.390 e. The quantitative estimate of drug-likeness (QED) is 0.425. The van der Waals surface area contributed by atoms with Gasteiger partial charge in [0.1, 0.15) is 0 Å². The lowest BCUT2D eigenvalue weighted by Crippen LogP contribution is -2.33. The summed E-state index contributed by atoms with van der Waals surface area (Å²) in [6, 6.07) is -0.669. The second-order valence-electron chi connectivity index (χ2n) is 2.40. The number of unbranched alkanes of at least 4 members (excludes halogenated alkanes) is 1. The van der Waals surface area contributed by atoms with Crippen LogP contribution in [-0.2, 0) is 8.85 Å². The molecule has 1 atom stereocenters. The molecule has 0 saturated carbocycles. The van der Waals surface area contributed by atoms with Crippen LogP contribution in [0.3, 0.4) is 0 Å². The van der Waals surface area contributed by atoms with Crippen molar-refractivity contribution in [2.24, 2.45) is 0 Å². The van der Waals surface area contributed by atoms with E-state index >= 15 is 0 Å². The highest BCUT2D eigenvalue weighted by Gasteiger charge is 2.31. The Bertz CT molecular complexity index is 102. The molecular weight excluding hydrogens is 271 g/mol. The van der Waals surface area contributed by atoms with Gasteiger partial charge in [0, 0.05) is 19.8 Å². The van der Waals surface area contributed by atoms with Crippen LogP contribution >= 0.6 is 21.8 Å². The van der Waals surface area contributed by atoms with E-state index in [2.05, 4.69) is 28.7 Å². The molecular formula is C7H17IO2Si. The Hall–Kier alpha value is 0.867. The molecule has 0 aromatic heterocycles. The van der Waals surface area contributed by atoms with Gasteiger partial charge in [-0.15, -0.1) is 0 Å². The number of halogens is 1. The molecule has 0 rings (SSSR count). The Morgan fingerprint density at radius 3 is 2.36 bits per heavy atom. The standard InChI is InChI=1S/C7H17IO2Si/c1-4-6-7-11(8,9-3)10-5-2/h4-7H2,1-3H3. The summed E-state index contributed by atoms with van der Waals surface area (Å²) >= 11 is 2.36. The molecule has 4 heteroatoms. The summed E-state index contributed by atoms with van der Waals surface area (Å²) in [5.41, 5.74) is 0. The van der Waals surface area contributed by atoms with Crippen LogP contribution in [0, 0.1) is 0 Å². The van der Waals surface area contributed by atoms with Gasteiger partial charge in [0.05, 0.1) is 0 Å². The molecule has 0 spiro atoms. The van der Waals surface area contributed by atoms with Crippen LogP contribution in [-0.4, -0.2) is 19.8 Å². The van der Waals surface area contributed by atoms with Crippen LogP contribution in [0.5, 0.6) is 0 Å². The summed E-state index contributed by atoms with van der Waals surface area (Å²) in [6.07, 6.45) is 2.43. The topological polar surface area (TPSA) is 18.5 Å². The third kappa shape index (κ3) is 5.16. The third-order valence-corrected chi connectivity index (χ3v) is 7.65. The van der Waals surface area contributed by atoms with Gasteiger partial charge in [0.15, 0.2) is 0 Å². The van der Waals surface area contributed by atoms with Crippen molar-refractivity contribution in [2.45, 2.75) is 32.7 Å². The first-order chi connectivity index (χ1) is 5.18. The van der Waals surface area contributed by atoms with E-state index in [0.29, 0.717) is 0 Å². The van der Waals surface area contributed by atoms with E-state index in [0.717, 1.165) is 12.7 Å². The lowest BCUT2D eigenvalue weighted by molar-refractivity contribution is 0.235. The zero-order valence-corrected chi connectivity index (χ0v) is 10.7. The first-order valence-corrected chi connectivity index (χ1v) is 9.20. The molecule has 2 nitrogen and oxygen atoms in total. The van der Waals surface area contributed by atoms with Crippen molar-refractivity contribution in [3.05, 3.63) is 0 Å². The zero-order valence-electron chi connectivity index (χ0n) is 7.52. The average molecular weight is 288 g/mol. The number of hydrogen-bond acceptors (Lipinski definition) is 2. The fraction of sp³-hybridized carbons (Fsp3) is 1.00. The normalized spacial score (nSPS) is 16.4. The third-order valence-electron chi connectivity index (χ3n) is 1.49. The molecule has 0 aromatic carbocycles. The highest BCUT2D eigenvalue weighted by molar-refractivity contribution is 14.1. The maximum atomic E-state index is 5.58. The summed E-state index contributed by atoms with van der Waals surface area (Å²) < 4.78 is 11.0. The van der Waals surface area contributed by atoms with Crippen LogP contribution in [0.15, 0.2) is 0 Å². The van der Waals surface area contributed by atoms with Crippen molar-refractivity contribution in [1.82, 2.24) is 0 Å². The van der Waals surface area contributed by atoms with E-state index in [1.54, 1.807) is 7.11 Å². The fourth-order valence-electron chi connectivity index (χ4n) is 0.837. The fourth-order valence-corrected chi connectivity index (χ4v) is 4.59. The molecule has 0 heterocycles. The maximum Gasteiger partial charge on any atom is 0.407 e. The van der Waals surface area contributed by atoms with Crippen LogP contribution in [0.25, 0.3) is 0 Å². The van der Waals surface area contributed by atoms with E-state index in [4.69, 9.17) is 8.85 Å². The predicted molar refractivity (Wildman–Crippen MR) is 58.1 cm³/mol. The molecule has 0 aliphatic heterocycles. The Balaban J connectivity index is 3.68. The van der Waals surface area contributed by atoms with Crippen LogP contribution in [0.2, 0.25) is 6.04 Å². The molecule has 0 aromatic rings. The Labute approximate surface area is 83.1 Å². The molecule has 0 aliphatic carbocycles. The summed E-state index contributed by atoms with van der Waals surface area (Å²) in [7, 11) is 1.75. The molecule has 0 N–H and O–H groups in total. The van der Waals surface area contributed by atoms with Crippen molar-refractivity contribution in [1.29, 1.82) is 0 Å². The molecule has 0 aliphatic rings. The molecule has 0 saturated heterocycles. The van der Waals surface area contributed by atoms with E-state index in [-0.39, 0.29) is 0 Å². The summed E-state index contributed by atoms with van der Waals surface area (Å²) in [6.45, 7) is 4.98. The van der Waals surface area contributed by atoms with Crippen molar-refractivity contribution < 1.29 is 8.85 Å².